The zero-order chi connectivity index (χ0) is 17.9. The van der Waals surface area contributed by atoms with E-state index in [1.807, 2.05) is 37.4 Å². The number of nitrogens with one attached hydrogen (secondary N) is 2. The minimum atomic E-state index is 0. The molecule has 1 aromatic heterocycles. The lowest BCUT2D eigenvalue weighted by Crippen LogP contribution is -2.38. The predicted octanol–water partition coefficient (Wildman–Crippen LogP) is 3.01. The minimum Gasteiger partial charge on any atom is -0.497 e. The topological polar surface area (TPSA) is 67.8 Å². The summed E-state index contributed by atoms with van der Waals surface area (Å²) in [5.41, 5.74) is 2.20. The van der Waals surface area contributed by atoms with Crippen LogP contribution in [0.1, 0.15) is 18.1 Å². The largest absolute Gasteiger partial charge is 0.497 e. The molecule has 6 nitrogen and oxygen atoms in total. The molecule has 1 aromatic carbocycles. The van der Waals surface area contributed by atoms with Gasteiger partial charge in [0.1, 0.15) is 11.5 Å². The molecule has 2 rings (SSSR count). The van der Waals surface area contributed by atoms with Gasteiger partial charge >= 0.3 is 0 Å². The highest BCUT2D eigenvalue weighted by Crippen LogP contribution is 2.25. The second kappa shape index (κ2) is 12.3. The van der Waals surface area contributed by atoms with E-state index in [1.165, 1.54) is 5.56 Å². The first kappa shape index (κ1) is 22.0. The van der Waals surface area contributed by atoms with Crippen molar-refractivity contribution in [3.63, 3.8) is 0 Å². The number of halogens is 1. The Morgan fingerprint density at radius 1 is 1.15 bits per heavy atom. The van der Waals surface area contributed by atoms with Crippen LogP contribution in [0.3, 0.4) is 0 Å². The minimum absolute atomic E-state index is 0. The molecule has 26 heavy (non-hydrogen) atoms. The van der Waals surface area contributed by atoms with Crippen LogP contribution in [0, 0.1) is 0 Å². The van der Waals surface area contributed by atoms with Crippen LogP contribution in [0.25, 0.3) is 0 Å². The van der Waals surface area contributed by atoms with Gasteiger partial charge in [0, 0.05) is 37.1 Å². The van der Waals surface area contributed by atoms with Gasteiger partial charge in [0.25, 0.3) is 0 Å². The second-order valence-corrected chi connectivity index (χ2v) is 5.41. The van der Waals surface area contributed by atoms with E-state index in [0.29, 0.717) is 6.54 Å². The highest BCUT2D eigenvalue weighted by atomic mass is 127. The summed E-state index contributed by atoms with van der Waals surface area (Å²) in [4.78, 5) is 8.77. The summed E-state index contributed by atoms with van der Waals surface area (Å²) in [6.07, 6.45) is 4.56. The number of hydrogen-bond acceptors (Lipinski definition) is 4. The average Bonchev–Trinajstić information content (AvgIpc) is 2.66. The lowest BCUT2D eigenvalue weighted by atomic mass is 10.2. The maximum atomic E-state index is 5.42. The average molecular weight is 470 g/mol. The molecule has 1 heterocycles. The zero-order valence-electron chi connectivity index (χ0n) is 15.5. The van der Waals surface area contributed by atoms with Gasteiger partial charge in [-0.3, -0.25) is 4.98 Å². The van der Waals surface area contributed by atoms with Gasteiger partial charge in [-0.15, -0.1) is 24.0 Å². The molecule has 0 saturated carbocycles. The van der Waals surface area contributed by atoms with Crippen molar-refractivity contribution >= 4 is 29.9 Å². The quantitative estimate of drug-likeness (QED) is 0.353. The summed E-state index contributed by atoms with van der Waals surface area (Å²) in [5, 5.41) is 6.60. The maximum Gasteiger partial charge on any atom is 0.191 e. The smallest absolute Gasteiger partial charge is 0.191 e. The summed E-state index contributed by atoms with van der Waals surface area (Å²) in [6.45, 7) is 4.16. The van der Waals surface area contributed by atoms with Gasteiger partial charge in [0.05, 0.1) is 20.8 Å². The van der Waals surface area contributed by atoms with Crippen LogP contribution in [0.5, 0.6) is 11.5 Å². The number of pyridine rings is 1. The van der Waals surface area contributed by atoms with Gasteiger partial charge in [0.2, 0.25) is 0 Å². The fourth-order valence-corrected chi connectivity index (χ4v) is 2.36. The fourth-order valence-electron chi connectivity index (χ4n) is 2.36. The number of aromatic nitrogens is 1. The van der Waals surface area contributed by atoms with E-state index in [2.05, 4.69) is 26.7 Å². The Labute approximate surface area is 172 Å². The number of guanidine groups is 1. The Kier molecular flexibility index (Phi) is 10.5. The number of methoxy groups -OCH3 is 2. The monoisotopic (exact) mass is 470 g/mol. The molecule has 7 heteroatoms. The Hall–Kier alpha value is -2.03. The van der Waals surface area contributed by atoms with Crippen LogP contribution in [0.4, 0.5) is 0 Å². The second-order valence-electron chi connectivity index (χ2n) is 5.41. The first-order valence-electron chi connectivity index (χ1n) is 8.38. The van der Waals surface area contributed by atoms with Crippen LogP contribution in [-0.2, 0) is 13.0 Å². The summed E-state index contributed by atoms with van der Waals surface area (Å²) in [7, 11) is 3.29. The highest BCUT2D eigenvalue weighted by Gasteiger charge is 2.05. The summed E-state index contributed by atoms with van der Waals surface area (Å²) < 4.78 is 10.6. The Balaban J connectivity index is 0.00000338. The van der Waals surface area contributed by atoms with Crippen molar-refractivity contribution in [3.8, 4) is 11.5 Å². The first-order chi connectivity index (χ1) is 12.3. The van der Waals surface area contributed by atoms with Crippen molar-refractivity contribution < 1.29 is 9.47 Å². The number of ether oxygens (including phenoxy) is 2. The lowest BCUT2D eigenvalue weighted by molar-refractivity contribution is 0.391. The molecular formula is C19H27IN4O2. The van der Waals surface area contributed by atoms with Crippen molar-refractivity contribution in [1.82, 2.24) is 15.6 Å². The lowest BCUT2D eigenvalue weighted by Gasteiger charge is -2.12. The van der Waals surface area contributed by atoms with Crippen molar-refractivity contribution in [3.05, 3.63) is 53.9 Å². The summed E-state index contributed by atoms with van der Waals surface area (Å²) >= 11 is 0. The van der Waals surface area contributed by atoms with Crippen molar-refractivity contribution in [2.45, 2.75) is 19.9 Å². The molecule has 0 aliphatic carbocycles. The van der Waals surface area contributed by atoms with E-state index in [0.717, 1.165) is 42.5 Å². The molecule has 0 spiro atoms. The number of benzene rings is 1. The van der Waals surface area contributed by atoms with Crippen LogP contribution >= 0.6 is 24.0 Å². The SMILES string of the molecule is CCNC(=NCc1ccc(OC)cc1OC)NCCc1cccnc1.I. The normalized spacial score (nSPS) is 10.7. The van der Waals surface area contributed by atoms with E-state index >= 15 is 0 Å². The Morgan fingerprint density at radius 3 is 2.65 bits per heavy atom. The number of hydrogen-bond donors (Lipinski definition) is 2. The zero-order valence-corrected chi connectivity index (χ0v) is 17.8. The third-order valence-corrected chi connectivity index (χ3v) is 3.67. The summed E-state index contributed by atoms with van der Waals surface area (Å²) in [5.74, 6) is 2.32. The Morgan fingerprint density at radius 2 is 2.00 bits per heavy atom. The molecule has 0 aliphatic heterocycles. The van der Waals surface area contributed by atoms with Crippen molar-refractivity contribution in [2.24, 2.45) is 4.99 Å². The van der Waals surface area contributed by atoms with E-state index in [-0.39, 0.29) is 24.0 Å². The van der Waals surface area contributed by atoms with Gasteiger partial charge in [0.15, 0.2) is 5.96 Å². The number of nitrogens with zero attached hydrogens (tertiary/aromatic N) is 2. The molecule has 0 bridgehead atoms. The van der Waals surface area contributed by atoms with Crippen LogP contribution in [-0.4, -0.2) is 38.3 Å². The molecule has 142 valence electrons. The molecule has 2 N–H and O–H groups in total. The van der Waals surface area contributed by atoms with Crippen molar-refractivity contribution in [2.75, 3.05) is 27.3 Å². The van der Waals surface area contributed by atoms with E-state index in [4.69, 9.17) is 9.47 Å². The first-order valence-corrected chi connectivity index (χ1v) is 8.38. The van der Waals surface area contributed by atoms with Crippen molar-refractivity contribution in [1.29, 1.82) is 0 Å². The number of rotatable bonds is 8. The van der Waals surface area contributed by atoms with E-state index in [1.54, 1.807) is 20.4 Å². The van der Waals surface area contributed by atoms with Gasteiger partial charge in [-0.25, -0.2) is 4.99 Å². The third-order valence-electron chi connectivity index (χ3n) is 3.67. The van der Waals surface area contributed by atoms with Gasteiger partial charge in [-0.1, -0.05) is 6.07 Å². The van der Waals surface area contributed by atoms with E-state index < -0.39 is 0 Å². The maximum absolute atomic E-state index is 5.42. The molecule has 0 amide bonds. The van der Waals surface area contributed by atoms with Gasteiger partial charge in [-0.2, -0.15) is 0 Å². The molecular weight excluding hydrogens is 443 g/mol. The van der Waals surface area contributed by atoms with Gasteiger partial charge < -0.3 is 20.1 Å². The third kappa shape index (κ3) is 7.07. The molecule has 0 radical (unpaired) electrons. The fraction of sp³-hybridized carbons (Fsp3) is 0.368. The number of aliphatic imine (C=N–C) groups is 1. The molecule has 0 fully saturated rings. The molecule has 0 saturated heterocycles. The van der Waals surface area contributed by atoms with Crippen LogP contribution in [0.2, 0.25) is 0 Å². The van der Waals surface area contributed by atoms with Gasteiger partial charge in [-0.05, 0) is 37.1 Å². The van der Waals surface area contributed by atoms with Crippen LogP contribution < -0.4 is 20.1 Å². The summed E-state index contributed by atoms with van der Waals surface area (Å²) in [6, 6.07) is 9.77. The standard InChI is InChI=1S/C19H26N4O2.HI/c1-4-21-19(22-11-9-15-6-5-10-20-13-15)23-14-16-7-8-17(24-2)12-18(16)25-3;/h5-8,10,12-13H,4,9,11,14H2,1-3H3,(H2,21,22,23);1H. The van der Waals surface area contributed by atoms with Crippen LogP contribution in [0.15, 0.2) is 47.7 Å². The Bertz CT molecular complexity index is 680. The predicted molar refractivity (Wildman–Crippen MR) is 116 cm³/mol. The molecule has 0 aliphatic rings. The molecule has 0 unspecified atom stereocenters. The molecule has 0 atom stereocenters. The van der Waals surface area contributed by atoms with E-state index in [9.17, 15) is 0 Å². The molecule has 2 aromatic rings. The highest BCUT2D eigenvalue weighted by molar-refractivity contribution is 14.0.